The Morgan fingerprint density at radius 1 is 1.44 bits per heavy atom. The van der Waals surface area contributed by atoms with Crippen molar-refractivity contribution in [2.45, 2.75) is 13.5 Å². The van der Waals surface area contributed by atoms with Crippen LogP contribution in [0, 0.1) is 0 Å². The predicted molar refractivity (Wildman–Crippen MR) is 59.7 cm³/mol. The molecule has 0 bridgehead atoms. The summed E-state index contributed by atoms with van der Waals surface area (Å²) in [6.45, 7) is 2.60. The highest BCUT2D eigenvalue weighted by atomic mass is 16.5. The van der Waals surface area contributed by atoms with Gasteiger partial charge in [0.15, 0.2) is 0 Å². The van der Waals surface area contributed by atoms with Gasteiger partial charge >= 0.3 is 5.97 Å². The van der Waals surface area contributed by atoms with E-state index >= 15 is 0 Å². The Balaban J connectivity index is 2.29. The summed E-state index contributed by atoms with van der Waals surface area (Å²) < 4.78 is 9.93. The molecule has 1 aromatic rings. The summed E-state index contributed by atoms with van der Waals surface area (Å²) >= 11 is 0. The lowest BCUT2D eigenvalue weighted by atomic mass is 10.3. The molecule has 0 fully saturated rings. The molecule has 0 aromatic carbocycles. The molecule has 0 aliphatic carbocycles. The van der Waals surface area contributed by atoms with Gasteiger partial charge in [0.2, 0.25) is 0 Å². The Labute approximate surface area is 94.9 Å². The summed E-state index contributed by atoms with van der Waals surface area (Å²) in [5.41, 5.74) is 1.61. The van der Waals surface area contributed by atoms with Crippen LogP contribution in [0.25, 0.3) is 0 Å². The summed E-state index contributed by atoms with van der Waals surface area (Å²) in [6, 6.07) is 3.77. The molecule has 0 saturated carbocycles. The minimum absolute atomic E-state index is 0.326. The van der Waals surface area contributed by atoms with Crippen LogP contribution in [0.5, 0.6) is 0 Å². The summed E-state index contributed by atoms with van der Waals surface area (Å²) in [7, 11) is 1.36. The normalized spacial score (nSPS) is 11.2. The highest BCUT2D eigenvalue weighted by molar-refractivity contribution is 5.87. The van der Waals surface area contributed by atoms with E-state index in [0.717, 1.165) is 5.56 Å². The van der Waals surface area contributed by atoms with Crippen LogP contribution in [0.15, 0.2) is 36.2 Å². The second kappa shape index (κ2) is 6.74. The lowest BCUT2D eigenvalue weighted by Crippen LogP contribution is -2.03. The Morgan fingerprint density at radius 2 is 2.12 bits per heavy atom. The van der Waals surface area contributed by atoms with Crippen LogP contribution in [0.3, 0.4) is 0 Å². The Bertz CT molecular complexity index is 360. The predicted octanol–water partition coefficient (Wildman–Crippen LogP) is 1.72. The summed E-state index contributed by atoms with van der Waals surface area (Å²) in [5, 5.41) is 0. The molecule has 0 radical (unpaired) electrons. The molecule has 0 spiro atoms. The number of ether oxygens (including phenoxy) is 2. The van der Waals surface area contributed by atoms with Gasteiger partial charge < -0.3 is 9.47 Å². The van der Waals surface area contributed by atoms with Crippen molar-refractivity contribution in [1.82, 2.24) is 4.98 Å². The molecule has 1 rings (SSSR count). The third-order valence-electron chi connectivity index (χ3n) is 2.03. The summed E-state index contributed by atoms with van der Waals surface area (Å²) in [4.78, 5) is 14.9. The van der Waals surface area contributed by atoms with E-state index in [1.54, 1.807) is 25.4 Å². The van der Waals surface area contributed by atoms with E-state index in [1.807, 2.05) is 12.1 Å². The van der Waals surface area contributed by atoms with Gasteiger partial charge in [0, 0.05) is 18.0 Å². The average Bonchev–Trinajstić information content (AvgIpc) is 2.34. The second-order valence-electron chi connectivity index (χ2n) is 3.25. The van der Waals surface area contributed by atoms with Crippen molar-refractivity contribution in [2.24, 2.45) is 0 Å². The lowest BCUT2D eigenvalue weighted by Gasteiger charge is -2.02. The third-order valence-corrected chi connectivity index (χ3v) is 2.03. The third kappa shape index (κ3) is 4.23. The fourth-order valence-electron chi connectivity index (χ4n) is 1.08. The highest BCUT2D eigenvalue weighted by Gasteiger charge is 2.01. The Kier molecular flexibility index (Phi) is 5.22. The fourth-order valence-corrected chi connectivity index (χ4v) is 1.08. The van der Waals surface area contributed by atoms with Gasteiger partial charge in [-0.25, -0.2) is 4.79 Å². The van der Waals surface area contributed by atoms with E-state index < -0.39 is 0 Å². The maximum atomic E-state index is 11.0. The Morgan fingerprint density at radius 3 is 2.75 bits per heavy atom. The number of rotatable bonds is 5. The van der Waals surface area contributed by atoms with Crippen molar-refractivity contribution in [2.75, 3.05) is 13.7 Å². The van der Waals surface area contributed by atoms with Gasteiger partial charge in [0.1, 0.15) is 0 Å². The number of hydrogen-bond acceptors (Lipinski definition) is 4. The van der Waals surface area contributed by atoms with Gasteiger partial charge in [-0.1, -0.05) is 0 Å². The molecule has 16 heavy (non-hydrogen) atoms. The van der Waals surface area contributed by atoms with Crippen LogP contribution in [-0.2, 0) is 20.9 Å². The van der Waals surface area contributed by atoms with E-state index in [0.29, 0.717) is 18.8 Å². The Hall–Kier alpha value is -1.68. The van der Waals surface area contributed by atoms with Crippen molar-refractivity contribution < 1.29 is 14.3 Å². The topological polar surface area (TPSA) is 48.4 Å². The van der Waals surface area contributed by atoms with Crippen molar-refractivity contribution in [3.05, 3.63) is 41.7 Å². The van der Waals surface area contributed by atoms with Gasteiger partial charge in [-0.05, 0) is 30.7 Å². The quantitative estimate of drug-likeness (QED) is 0.431. The minimum Gasteiger partial charge on any atom is -0.466 e. The number of nitrogens with zero attached hydrogens (tertiary/aromatic N) is 1. The molecule has 0 amide bonds. The maximum Gasteiger partial charge on any atom is 0.333 e. The first-order valence-corrected chi connectivity index (χ1v) is 4.95. The minimum atomic E-state index is -0.326. The number of hydrogen-bond donors (Lipinski definition) is 0. The smallest absolute Gasteiger partial charge is 0.333 e. The maximum absolute atomic E-state index is 11.0. The molecule has 4 nitrogen and oxygen atoms in total. The van der Waals surface area contributed by atoms with Crippen molar-refractivity contribution in [3.8, 4) is 0 Å². The molecular weight excluding hydrogens is 206 g/mol. The molecule has 1 aromatic heterocycles. The van der Waals surface area contributed by atoms with Crippen LogP contribution in [0.1, 0.15) is 12.5 Å². The number of aromatic nitrogens is 1. The van der Waals surface area contributed by atoms with E-state index in [1.165, 1.54) is 7.11 Å². The highest BCUT2D eigenvalue weighted by Crippen LogP contribution is 2.00. The number of methoxy groups -OCH3 is 1. The van der Waals surface area contributed by atoms with Crippen molar-refractivity contribution in [3.63, 3.8) is 0 Å². The molecule has 0 aliphatic rings. The van der Waals surface area contributed by atoms with Gasteiger partial charge in [-0.2, -0.15) is 0 Å². The van der Waals surface area contributed by atoms with Crippen LogP contribution >= 0.6 is 0 Å². The molecule has 4 heteroatoms. The molecule has 0 unspecified atom stereocenters. The largest absolute Gasteiger partial charge is 0.466 e. The number of carbonyl (C=O) groups is 1. The zero-order valence-electron chi connectivity index (χ0n) is 9.47. The SMILES string of the molecule is COC(=O)/C(C)=C/COCc1ccncc1. The molecule has 0 aliphatic heterocycles. The van der Waals surface area contributed by atoms with Crippen molar-refractivity contribution in [1.29, 1.82) is 0 Å². The van der Waals surface area contributed by atoms with Crippen LogP contribution in [0.4, 0.5) is 0 Å². The summed E-state index contributed by atoms with van der Waals surface area (Å²) in [5.74, 6) is -0.326. The van der Waals surface area contributed by atoms with Crippen LogP contribution in [0.2, 0.25) is 0 Å². The zero-order valence-corrected chi connectivity index (χ0v) is 9.47. The molecular formula is C12H15NO3. The van der Waals surface area contributed by atoms with Gasteiger partial charge in [-0.3, -0.25) is 4.98 Å². The number of esters is 1. The zero-order chi connectivity index (χ0) is 11.8. The van der Waals surface area contributed by atoms with E-state index in [4.69, 9.17) is 4.74 Å². The van der Waals surface area contributed by atoms with Gasteiger partial charge in [-0.15, -0.1) is 0 Å². The molecule has 0 saturated heterocycles. The first-order valence-electron chi connectivity index (χ1n) is 4.95. The molecule has 0 N–H and O–H groups in total. The van der Waals surface area contributed by atoms with Gasteiger partial charge in [0.05, 0.1) is 20.3 Å². The van der Waals surface area contributed by atoms with Crippen molar-refractivity contribution >= 4 is 5.97 Å². The van der Waals surface area contributed by atoms with E-state index in [2.05, 4.69) is 9.72 Å². The number of carbonyl (C=O) groups excluding carboxylic acids is 1. The molecule has 1 heterocycles. The average molecular weight is 221 g/mol. The van der Waals surface area contributed by atoms with E-state index in [9.17, 15) is 4.79 Å². The second-order valence-corrected chi connectivity index (χ2v) is 3.25. The fraction of sp³-hybridized carbons (Fsp3) is 0.333. The summed E-state index contributed by atoms with van der Waals surface area (Å²) in [6.07, 6.45) is 5.13. The standard InChI is InChI=1S/C12H15NO3/c1-10(12(14)15-2)5-8-16-9-11-3-6-13-7-4-11/h3-7H,8-9H2,1-2H3/b10-5+. The van der Waals surface area contributed by atoms with Crippen LogP contribution in [-0.4, -0.2) is 24.7 Å². The lowest BCUT2D eigenvalue weighted by molar-refractivity contribution is -0.136. The van der Waals surface area contributed by atoms with Crippen LogP contribution < -0.4 is 0 Å². The first kappa shape index (κ1) is 12.4. The monoisotopic (exact) mass is 221 g/mol. The number of pyridine rings is 1. The van der Waals surface area contributed by atoms with E-state index in [-0.39, 0.29) is 5.97 Å². The molecule has 86 valence electrons. The van der Waals surface area contributed by atoms with Gasteiger partial charge in [0.25, 0.3) is 0 Å². The first-order chi connectivity index (χ1) is 7.74. The molecule has 0 atom stereocenters.